The molecular weight excluding hydrogens is 354 g/mol. The van der Waals surface area contributed by atoms with Gasteiger partial charge >= 0.3 is 0 Å². The van der Waals surface area contributed by atoms with Crippen LogP contribution in [0.15, 0.2) is 78.4 Å². The predicted molar refractivity (Wildman–Crippen MR) is 112 cm³/mol. The number of allylic oxidation sites excluding steroid dienone is 1. The Morgan fingerprint density at radius 1 is 0.926 bits per heavy atom. The van der Waals surface area contributed by atoms with E-state index in [9.17, 15) is 0 Å². The molecule has 3 heteroatoms. The fourth-order valence-electron chi connectivity index (χ4n) is 3.22. The van der Waals surface area contributed by atoms with Crippen molar-refractivity contribution in [2.75, 3.05) is 0 Å². The molecule has 0 atom stereocenters. The third-order valence-electron chi connectivity index (χ3n) is 4.92. The molecule has 3 aromatic carbocycles. The predicted octanol–water partition coefficient (Wildman–Crippen LogP) is 6.54. The number of rotatable bonds is 6. The molecule has 2 nitrogen and oxygen atoms in total. The summed E-state index contributed by atoms with van der Waals surface area (Å²) in [4.78, 5) is 5.90. The summed E-state index contributed by atoms with van der Waals surface area (Å²) in [6.07, 6.45) is 2.24. The Morgan fingerprint density at radius 2 is 1.67 bits per heavy atom. The van der Waals surface area contributed by atoms with Crippen LogP contribution >= 0.6 is 11.6 Å². The Kier molecular flexibility index (Phi) is 5.28. The molecule has 136 valence electrons. The monoisotopic (exact) mass is 375 g/mol. The second-order valence-corrected chi connectivity index (χ2v) is 7.27. The molecule has 0 unspecified atom stereocenters. The van der Waals surface area contributed by atoms with Crippen molar-refractivity contribution in [3.8, 4) is 11.1 Å². The van der Waals surface area contributed by atoms with Gasteiger partial charge in [-0.25, -0.2) is 0 Å². The van der Waals surface area contributed by atoms with Crippen LogP contribution in [0.5, 0.6) is 0 Å². The highest BCUT2D eigenvalue weighted by atomic mass is 35.5. The molecule has 4 rings (SSSR count). The summed E-state index contributed by atoms with van der Waals surface area (Å²) in [5, 5.41) is 0.744. The van der Waals surface area contributed by atoms with Crippen molar-refractivity contribution in [3.05, 3.63) is 100 Å². The van der Waals surface area contributed by atoms with Gasteiger partial charge in [-0.3, -0.25) is 10.3 Å². The Hall–Kier alpha value is -2.55. The quantitative estimate of drug-likeness (QED) is 0.494. The minimum absolute atomic E-state index is 0.511. The van der Waals surface area contributed by atoms with Gasteiger partial charge in [0.15, 0.2) is 0 Å². The van der Waals surface area contributed by atoms with Crippen molar-refractivity contribution in [2.24, 2.45) is 0 Å². The van der Waals surface area contributed by atoms with Gasteiger partial charge in [-0.05, 0) is 65.3 Å². The molecule has 3 aromatic rings. The summed E-state index contributed by atoms with van der Waals surface area (Å²) >= 11 is 6.01. The Labute approximate surface area is 165 Å². The standard InChI is InChI=1S/C24H22ClNO/c1-17-21(8-5-9-23(17)18-6-3-2-4-7-18)16-27-26-24(19-10-11-19)20-12-14-22(25)15-13-20/h2-9,12-15,26H,10-11,16H2,1H3. The lowest BCUT2D eigenvalue weighted by molar-refractivity contribution is 0.0641. The van der Waals surface area contributed by atoms with Gasteiger partial charge in [-0.15, -0.1) is 0 Å². The number of hydrogen-bond acceptors (Lipinski definition) is 2. The highest BCUT2D eigenvalue weighted by molar-refractivity contribution is 6.30. The van der Waals surface area contributed by atoms with E-state index in [1.54, 1.807) is 0 Å². The molecule has 0 aromatic heterocycles. The van der Waals surface area contributed by atoms with Crippen LogP contribution in [0.3, 0.4) is 0 Å². The van der Waals surface area contributed by atoms with E-state index in [2.05, 4.69) is 54.9 Å². The molecule has 1 fully saturated rings. The lowest BCUT2D eigenvalue weighted by Crippen LogP contribution is -2.14. The van der Waals surface area contributed by atoms with Gasteiger partial charge in [-0.2, -0.15) is 0 Å². The van der Waals surface area contributed by atoms with Gasteiger partial charge < -0.3 is 0 Å². The van der Waals surface area contributed by atoms with E-state index in [0.717, 1.165) is 29.1 Å². The topological polar surface area (TPSA) is 21.3 Å². The van der Waals surface area contributed by atoms with Crippen LogP contribution in [0, 0.1) is 6.92 Å². The molecule has 1 aliphatic carbocycles. The van der Waals surface area contributed by atoms with Gasteiger partial charge in [0, 0.05) is 5.02 Å². The first kappa shape index (κ1) is 17.8. The third kappa shape index (κ3) is 4.24. The van der Waals surface area contributed by atoms with Gasteiger partial charge in [0.05, 0.1) is 12.3 Å². The van der Waals surface area contributed by atoms with Crippen LogP contribution in [-0.4, -0.2) is 0 Å². The average molecular weight is 376 g/mol. The molecule has 0 saturated heterocycles. The largest absolute Gasteiger partial charge is 0.271 e. The molecule has 0 spiro atoms. The van der Waals surface area contributed by atoms with Crippen molar-refractivity contribution in [2.45, 2.75) is 26.4 Å². The fourth-order valence-corrected chi connectivity index (χ4v) is 3.35. The number of benzene rings is 3. The molecule has 1 N–H and O–H groups in total. The number of hydroxylamine groups is 1. The summed E-state index contributed by atoms with van der Waals surface area (Å²) in [5.74, 6) is 0. The summed E-state index contributed by atoms with van der Waals surface area (Å²) < 4.78 is 0. The van der Waals surface area contributed by atoms with E-state index in [0.29, 0.717) is 6.61 Å². The molecule has 27 heavy (non-hydrogen) atoms. The van der Waals surface area contributed by atoms with Crippen LogP contribution < -0.4 is 5.48 Å². The fraction of sp³-hybridized carbons (Fsp3) is 0.167. The maximum absolute atomic E-state index is 6.01. The first-order chi connectivity index (χ1) is 13.2. The van der Waals surface area contributed by atoms with Crippen LogP contribution in [0.4, 0.5) is 0 Å². The zero-order chi connectivity index (χ0) is 18.6. The van der Waals surface area contributed by atoms with Crippen LogP contribution in [0.2, 0.25) is 5.02 Å². The zero-order valence-corrected chi connectivity index (χ0v) is 16.1. The lowest BCUT2D eigenvalue weighted by atomic mass is 9.97. The van der Waals surface area contributed by atoms with Crippen LogP contribution in [0.25, 0.3) is 16.8 Å². The first-order valence-electron chi connectivity index (χ1n) is 9.22. The molecule has 1 aliphatic rings. The molecule has 0 amide bonds. The summed E-state index contributed by atoms with van der Waals surface area (Å²) in [5.41, 5.74) is 11.7. The van der Waals surface area contributed by atoms with Crippen molar-refractivity contribution >= 4 is 17.3 Å². The van der Waals surface area contributed by atoms with Gasteiger partial charge in [0.1, 0.15) is 0 Å². The molecule has 0 bridgehead atoms. The van der Waals surface area contributed by atoms with Crippen molar-refractivity contribution < 1.29 is 4.84 Å². The van der Waals surface area contributed by atoms with Crippen molar-refractivity contribution in [1.82, 2.24) is 5.48 Å². The second-order valence-electron chi connectivity index (χ2n) is 6.83. The maximum atomic E-state index is 6.01. The van der Waals surface area contributed by atoms with E-state index in [4.69, 9.17) is 16.4 Å². The van der Waals surface area contributed by atoms with Gasteiger partial charge in [-0.1, -0.05) is 72.3 Å². The molecule has 0 heterocycles. The van der Waals surface area contributed by atoms with Crippen molar-refractivity contribution in [3.63, 3.8) is 0 Å². The van der Waals surface area contributed by atoms with Gasteiger partial charge in [0.25, 0.3) is 0 Å². The van der Waals surface area contributed by atoms with E-state index in [-0.39, 0.29) is 0 Å². The second kappa shape index (κ2) is 7.99. The minimum atomic E-state index is 0.511. The third-order valence-corrected chi connectivity index (χ3v) is 5.17. The minimum Gasteiger partial charge on any atom is -0.271 e. The van der Waals surface area contributed by atoms with E-state index in [1.165, 1.54) is 27.8 Å². The maximum Gasteiger partial charge on any atom is 0.0999 e. The normalized spacial score (nSPS) is 12.7. The molecule has 0 aliphatic heterocycles. The van der Waals surface area contributed by atoms with E-state index in [1.807, 2.05) is 30.3 Å². The summed E-state index contributed by atoms with van der Waals surface area (Å²) in [6.45, 7) is 2.66. The summed E-state index contributed by atoms with van der Waals surface area (Å²) in [6, 6.07) is 24.7. The Morgan fingerprint density at radius 3 is 2.37 bits per heavy atom. The first-order valence-corrected chi connectivity index (χ1v) is 9.60. The number of hydrogen-bond donors (Lipinski definition) is 1. The lowest BCUT2D eigenvalue weighted by Gasteiger charge is -2.15. The molecule has 1 saturated carbocycles. The van der Waals surface area contributed by atoms with Crippen LogP contribution in [0.1, 0.15) is 29.5 Å². The number of halogens is 1. The Bertz CT molecular complexity index is 955. The van der Waals surface area contributed by atoms with E-state index >= 15 is 0 Å². The number of nitrogens with one attached hydrogen (secondary N) is 1. The highest BCUT2D eigenvalue weighted by Gasteiger charge is 2.19. The summed E-state index contributed by atoms with van der Waals surface area (Å²) in [7, 11) is 0. The zero-order valence-electron chi connectivity index (χ0n) is 15.3. The highest BCUT2D eigenvalue weighted by Crippen LogP contribution is 2.35. The Balaban J connectivity index is 1.48. The molecule has 0 radical (unpaired) electrons. The van der Waals surface area contributed by atoms with Gasteiger partial charge in [0.2, 0.25) is 0 Å². The van der Waals surface area contributed by atoms with E-state index < -0.39 is 0 Å². The average Bonchev–Trinajstić information content (AvgIpc) is 3.53. The molecular formula is C24H22ClNO. The smallest absolute Gasteiger partial charge is 0.0999 e. The van der Waals surface area contributed by atoms with Crippen LogP contribution in [-0.2, 0) is 11.4 Å². The van der Waals surface area contributed by atoms with Crippen molar-refractivity contribution in [1.29, 1.82) is 0 Å². The SMILES string of the molecule is Cc1c(CONC(=C2CC2)c2ccc(Cl)cc2)cccc1-c1ccccc1.